The minimum absolute atomic E-state index is 0.210. The van der Waals surface area contributed by atoms with Gasteiger partial charge in [-0.3, -0.25) is 0 Å². The first-order chi connectivity index (χ1) is 8.10. The van der Waals surface area contributed by atoms with Gasteiger partial charge in [-0.2, -0.15) is 0 Å². The monoisotopic (exact) mass is 263 g/mol. The molecule has 0 bridgehead atoms. The van der Waals surface area contributed by atoms with Crippen LogP contribution in [0.15, 0.2) is 12.1 Å². The van der Waals surface area contributed by atoms with E-state index in [2.05, 4.69) is 5.32 Å². The minimum atomic E-state index is -0.623. The van der Waals surface area contributed by atoms with E-state index in [0.29, 0.717) is 19.8 Å². The predicted octanol–water partition coefficient (Wildman–Crippen LogP) is 3.31. The van der Waals surface area contributed by atoms with E-state index < -0.39 is 11.6 Å². The summed E-state index contributed by atoms with van der Waals surface area (Å²) in [5, 5.41) is 2.84. The van der Waals surface area contributed by atoms with Crippen LogP contribution in [0, 0.1) is 11.6 Å². The van der Waals surface area contributed by atoms with E-state index in [4.69, 9.17) is 16.3 Å². The molecule has 1 unspecified atom stereocenters. The third-order valence-corrected chi connectivity index (χ3v) is 2.64. The molecule has 0 aliphatic heterocycles. The third-order valence-electron chi connectivity index (χ3n) is 2.35. The molecule has 1 aromatic carbocycles. The lowest BCUT2D eigenvalue weighted by atomic mass is 10.1. The molecule has 0 aliphatic rings. The second kappa shape index (κ2) is 6.89. The molecule has 0 saturated heterocycles. The summed E-state index contributed by atoms with van der Waals surface area (Å²) in [5.41, 5.74) is 0.238. The Labute approximate surface area is 105 Å². The summed E-state index contributed by atoms with van der Waals surface area (Å²) in [6.07, 6.45) is 0. The topological polar surface area (TPSA) is 21.3 Å². The zero-order chi connectivity index (χ0) is 12.8. The van der Waals surface area contributed by atoms with Crippen molar-refractivity contribution >= 4 is 11.6 Å². The first-order valence-corrected chi connectivity index (χ1v) is 5.93. The van der Waals surface area contributed by atoms with E-state index in [9.17, 15) is 8.78 Å². The van der Waals surface area contributed by atoms with E-state index in [1.165, 1.54) is 0 Å². The summed E-state index contributed by atoms with van der Waals surface area (Å²) in [7, 11) is 0. The van der Waals surface area contributed by atoms with Gasteiger partial charge in [0.05, 0.1) is 17.7 Å². The fourth-order valence-electron chi connectivity index (χ4n) is 1.55. The van der Waals surface area contributed by atoms with E-state index in [1.54, 1.807) is 0 Å². The van der Waals surface area contributed by atoms with Crippen LogP contribution in [0.4, 0.5) is 8.78 Å². The van der Waals surface area contributed by atoms with E-state index in [0.717, 1.165) is 12.1 Å². The van der Waals surface area contributed by atoms with Crippen LogP contribution in [0.3, 0.4) is 0 Å². The lowest BCUT2D eigenvalue weighted by molar-refractivity contribution is 0.122. The van der Waals surface area contributed by atoms with Gasteiger partial charge in [-0.1, -0.05) is 18.5 Å². The van der Waals surface area contributed by atoms with Crippen LogP contribution in [-0.4, -0.2) is 19.8 Å². The van der Waals surface area contributed by atoms with Gasteiger partial charge in [-0.25, -0.2) is 8.78 Å². The number of nitrogens with one attached hydrogen (secondary N) is 1. The van der Waals surface area contributed by atoms with Crippen LogP contribution in [0.1, 0.15) is 25.5 Å². The maximum atomic E-state index is 13.7. The minimum Gasteiger partial charge on any atom is -0.380 e. The first kappa shape index (κ1) is 14.4. The maximum absolute atomic E-state index is 13.7. The van der Waals surface area contributed by atoms with Gasteiger partial charge >= 0.3 is 0 Å². The lowest BCUT2D eigenvalue weighted by Crippen LogP contribution is -2.26. The van der Waals surface area contributed by atoms with E-state index in [1.807, 2.05) is 13.8 Å². The van der Waals surface area contributed by atoms with E-state index >= 15 is 0 Å². The Hall–Kier alpha value is -0.710. The molecule has 17 heavy (non-hydrogen) atoms. The molecule has 1 N–H and O–H groups in total. The maximum Gasteiger partial charge on any atom is 0.142 e. The number of likely N-dealkylation sites (N-methyl/N-ethyl adjacent to an activating group) is 1. The Morgan fingerprint density at radius 1 is 1.29 bits per heavy atom. The molecule has 1 atom stereocenters. The zero-order valence-electron chi connectivity index (χ0n) is 9.90. The van der Waals surface area contributed by atoms with Crippen molar-refractivity contribution in [1.29, 1.82) is 0 Å². The molecular weight excluding hydrogens is 248 g/mol. The molecule has 2 nitrogen and oxygen atoms in total. The fraction of sp³-hybridized carbons (Fsp3) is 0.500. The summed E-state index contributed by atoms with van der Waals surface area (Å²) in [4.78, 5) is 0. The van der Waals surface area contributed by atoms with Gasteiger partial charge < -0.3 is 10.1 Å². The van der Waals surface area contributed by atoms with Crippen molar-refractivity contribution in [2.45, 2.75) is 19.9 Å². The van der Waals surface area contributed by atoms with Crippen molar-refractivity contribution in [3.63, 3.8) is 0 Å². The van der Waals surface area contributed by atoms with Gasteiger partial charge in [0, 0.05) is 12.2 Å². The van der Waals surface area contributed by atoms with Gasteiger partial charge in [0.25, 0.3) is 0 Å². The Morgan fingerprint density at radius 3 is 2.59 bits per heavy atom. The number of hydrogen-bond acceptors (Lipinski definition) is 2. The Kier molecular flexibility index (Phi) is 5.82. The Bertz CT molecular complexity index is 374. The number of halogens is 3. The second-order valence-corrected chi connectivity index (χ2v) is 3.96. The predicted molar refractivity (Wildman–Crippen MR) is 64.3 cm³/mol. The standard InChI is InChI=1S/C12H16ClF2NO/c1-3-16-12(7-17-4-2)8-5-11(15)9(13)6-10(8)14/h5-6,12,16H,3-4,7H2,1-2H3. The highest BCUT2D eigenvalue weighted by Gasteiger charge is 2.17. The van der Waals surface area contributed by atoms with Crippen LogP contribution in [-0.2, 0) is 4.74 Å². The molecule has 0 saturated carbocycles. The molecule has 0 aliphatic carbocycles. The number of benzene rings is 1. The van der Waals surface area contributed by atoms with Crippen molar-refractivity contribution in [1.82, 2.24) is 5.32 Å². The van der Waals surface area contributed by atoms with Crippen LogP contribution in [0.25, 0.3) is 0 Å². The smallest absolute Gasteiger partial charge is 0.142 e. The average Bonchev–Trinajstić information content (AvgIpc) is 2.29. The van der Waals surface area contributed by atoms with Gasteiger partial charge in [0.2, 0.25) is 0 Å². The number of rotatable bonds is 6. The molecule has 0 spiro atoms. The largest absolute Gasteiger partial charge is 0.380 e. The first-order valence-electron chi connectivity index (χ1n) is 5.55. The molecule has 1 aromatic rings. The van der Waals surface area contributed by atoms with Crippen molar-refractivity contribution < 1.29 is 13.5 Å². The average molecular weight is 264 g/mol. The van der Waals surface area contributed by atoms with Crippen molar-refractivity contribution in [3.8, 4) is 0 Å². The summed E-state index contributed by atoms with van der Waals surface area (Å²) >= 11 is 5.51. The summed E-state index contributed by atoms with van der Waals surface area (Å²) in [5.74, 6) is -1.15. The van der Waals surface area contributed by atoms with Gasteiger partial charge in [-0.05, 0) is 25.6 Å². The van der Waals surface area contributed by atoms with Gasteiger partial charge in [0.1, 0.15) is 11.6 Å². The molecular formula is C12H16ClF2NO. The van der Waals surface area contributed by atoms with E-state index in [-0.39, 0.29) is 16.6 Å². The highest BCUT2D eigenvalue weighted by atomic mass is 35.5. The number of ether oxygens (including phenoxy) is 1. The lowest BCUT2D eigenvalue weighted by Gasteiger charge is -2.19. The van der Waals surface area contributed by atoms with Crippen LogP contribution >= 0.6 is 11.6 Å². The molecule has 96 valence electrons. The highest BCUT2D eigenvalue weighted by molar-refractivity contribution is 6.30. The molecule has 1 rings (SSSR count). The Balaban J connectivity index is 2.96. The van der Waals surface area contributed by atoms with Crippen molar-refractivity contribution in [2.24, 2.45) is 0 Å². The molecule has 0 amide bonds. The third kappa shape index (κ3) is 3.91. The van der Waals surface area contributed by atoms with Crippen molar-refractivity contribution in [3.05, 3.63) is 34.4 Å². The quantitative estimate of drug-likeness (QED) is 0.795. The summed E-state index contributed by atoms with van der Waals surface area (Å²) in [6, 6.07) is 1.73. The molecule has 0 fully saturated rings. The molecule has 5 heteroatoms. The SMILES string of the molecule is CCNC(COCC)c1cc(F)c(Cl)cc1F. The van der Waals surface area contributed by atoms with Crippen LogP contribution < -0.4 is 5.32 Å². The van der Waals surface area contributed by atoms with Crippen LogP contribution in [0.2, 0.25) is 5.02 Å². The van der Waals surface area contributed by atoms with Crippen molar-refractivity contribution in [2.75, 3.05) is 19.8 Å². The Morgan fingerprint density at radius 2 is 2.00 bits per heavy atom. The summed E-state index contributed by atoms with van der Waals surface area (Å²) < 4.78 is 32.2. The second-order valence-electron chi connectivity index (χ2n) is 3.56. The molecule has 0 heterocycles. The highest BCUT2D eigenvalue weighted by Crippen LogP contribution is 2.24. The van der Waals surface area contributed by atoms with Gasteiger partial charge in [-0.15, -0.1) is 0 Å². The fourth-order valence-corrected chi connectivity index (χ4v) is 1.70. The van der Waals surface area contributed by atoms with Gasteiger partial charge in [0.15, 0.2) is 0 Å². The molecule has 0 aromatic heterocycles. The normalized spacial score (nSPS) is 12.8. The molecule has 0 radical (unpaired) electrons. The zero-order valence-corrected chi connectivity index (χ0v) is 10.7. The summed E-state index contributed by atoms with van der Waals surface area (Å²) in [6.45, 7) is 5.20. The van der Waals surface area contributed by atoms with Crippen LogP contribution in [0.5, 0.6) is 0 Å². The number of hydrogen-bond donors (Lipinski definition) is 1.